The van der Waals surface area contributed by atoms with Crippen molar-refractivity contribution in [2.24, 2.45) is 4.99 Å². The lowest BCUT2D eigenvalue weighted by Crippen LogP contribution is -2.46. The summed E-state index contributed by atoms with van der Waals surface area (Å²) >= 11 is 5.14. The van der Waals surface area contributed by atoms with E-state index in [1.54, 1.807) is 10.6 Å². The zero-order valence-electron chi connectivity index (χ0n) is 9.17. The molecule has 0 unspecified atom stereocenters. The Balaban J connectivity index is 3.01. The summed E-state index contributed by atoms with van der Waals surface area (Å²) in [6, 6.07) is 5.10. The molecule has 0 radical (unpaired) electrons. The molecule has 0 aromatic carbocycles. The first-order chi connectivity index (χ1) is 7.66. The zero-order chi connectivity index (χ0) is 12.0. The van der Waals surface area contributed by atoms with Crippen molar-refractivity contribution in [2.45, 2.75) is 13.0 Å². The molecule has 16 heavy (non-hydrogen) atoms. The van der Waals surface area contributed by atoms with Crippen molar-refractivity contribution in [2.75, 3.05) is 6.54 Å². The number of hydrogen-bond donors (Lipinski definition) is 0. The third-order valence-corrected chi connectivity index (χ3v) is 2.38. The topological polar surface area (TPSA) is 33.3 Å². The molecule has 0 aliphatic rings. The summed E-state index contributed by atoms with van der Waals surface area (Å²) in [7, 11) is 0. The van der Waals surface area contributed by atoms with Crippen LogP contribution in [0.4, 0.5) is 0 Å². The molecule has 4 heteroatoms. The molecule has 0 fully saturated rings. The van der Waals surface area contributed by atoms with Crippen molar-refractivity contribution in [3.63, 3.8) is 0 Å². The monoisotopic (exact) mass is 234 g/mol. The highest BCUT2D eigenvalue weighted by Crippen LogP contribution is 2.01. The van der Waals surface area contributed by atoms with Gasteiger partial charge in [-0.1, -0.05) is 12.1 Å². The second-order valence-corrected chi connectivity index (χ2v) is 3.72. The van der Waals surface area contributed by atoms with Gasteiger partial charge in [-0.3, -0.25) is 4.79 Å². The Hall–Kier alpha value is -1.55. The summed E-state index contributed by atoms with van der Waals surface area (Å²) < 4.78 is 1.76. The number of carbonyl (C=O) groups is 1. The van der Waals surface area contributed by atoms with Crippen LogP contribution in [0.5, 0.6) is 0 Å². The van der Waals surface area contributed by atoms with E-state index in [-0.39, 0.29) is 5.78 Å². The van der Waals surface area contributed by atoms with Crippen molar-refractivity contribution in [1.82, 2.24) is 0 Å². The normalized spacial score (nSPS) is 13.2. The molecule has 3 nitrogen and oxygen atoms in total. The Morgan fingerprint density at radius 2 is 2.12 bits per heavy atom. The van der Waals surface area contributed by atoms with Gasteiger partial charge in [-0.25, -0.2) is 0 Å². The summed E-state index contributed by atoms with van der Waals surface area (Å²) in [6.07, 6.45) is 5.27. The van der Waals surface area contributed by atoms with Gasteiger partial charge in [0.2, 0.25) is 11.8 Å². The molecule has 1 atom stereocenters. The zero-order valence-corrected chi connectivity index (χ0v) is 9.98. The van der Waals surface area contributed by atoms with E-state index in [9.17, 15) is 4.79 Å². The lowest BCUT2D eigenvalue weighted by molar-refractivity contribution is -0.692. The molecule has 0 bridgehead atoms. The number of rotatable bonds is 5. The molecule has 0 saturated heterocycles. The van der Waals surface area contributed by atoms with E-state index < -0.39 is 6.04 Å². The van der Waals surface area contributed by atoms with Gasteiger partial charge in [0.15, 0.2) is 12.4 Å². The predicted molar refractivity (Wildman–Crippen MR) is 66.2 cm³/mol. The van der Waals surface area contributed by atoms with Crippen molar-refractivity contribution in [3.05, 3.63) is 43.2 Å². The Bertz CT molecular complexity index is 401. The fourth-order valence-electron chi connectivity index (χ4n) is 1.34. The van der Waals surface area contributed by atoms with Gasteiger partial charge in [0, 0.05) is 19.1 Å². The lowest BCUT2D eigenvalue weighted by Gasteiger charge is -2.16. The minimum absolute atomic E-state index is 0.0194. The van der Waals surface area contributed by atoms with E-state index in [1.165, 1.54) is 6.92 Å². The minimum atomic E-state index is -0.490. The molecule has 1 rings (SSSR count). The molecule has 84 valence electrons. The van der Waals surface area contributed by atoms with Crippen LogP contribution in [0.1, 0.15) is 13.0 Å². The van der Waals surface area contributed by atoms with Crippen LogP contribution in [0.25, 0.3) is 0 Å². The molecule has 1 aromatic heterocycles. The number of aliphatic imine (C=N–C) groups is 1. The first kappa shape index (κ1) is 12.5. The molecule has 0 aliphatic heterocycles. The smallest absolute Gasteiger partial charge is 0.232 e. The van der Waals surface area contributed by atoms with Gasteiger partial charge in [-0.05, 0) is 5.04 Å². The maximum atomic E-state index is 11.6. The quantitative estimate of drug-likeness (QED) is 0.252. The Morgan fingerprint density at radius 3 is 2.62 bits per heavy atom. The van der Waals surface area contributed by atoms with E-state index in [4.69, 9.17) is 12.6 Å². The molecule has 0 aliphatic carbocycles. The van der Waals surface area contributed by atoms with Crippen LogP contribution in [0.3, 0.4) is 0 Å². The summed E-state index contributed by atoms with van der Waals surface area (Å²) in [5, 5.41) is 0.392. The van der Waals surface area contributed by atoms with Crippen LogP contribution in [-0.4, -0.2) is 17.4 Å². The highest BCUT2D eigenvalue weighted by molar-refractivity contribution is 7.77. The fourth-order valence-corrected chi connectivity index (χ4v) is 1.70. The summed E-state index contributed by atoms with van der Waals surface area (Å²) in [4.78, 5) is 15.7. The van der Waals surface area contributed by atoms with E-state index in [0.29, 0.717) is 11.6 Å². The van der Waals surface area contributed by atoms with Crippen molar-refractivity contribution in [3.8, 4) is 0 Å². The fraction of sp³-hybridized carbons (Fsp3) is 0.250. The van der Waals surface area contributed by atoms with Gasteiger partial charge in [0.25, 0.3) is 0 Å². The molecule has 0 spiro atoms. The molecular weight excluding hydrogens is 220 g/mol. The average Bonchev–Trinajstić information content (AvgIpc) is 2.27. The van der Waals surface area contributed by atoms with E-state index in [0.717, 1.165) is 0 Å². The lowest BCUT2D eigenvalue weighted by atomic mass is 10.2. The average molecular weight is 234 g/mol. The molecule has 0 N–H and O–H groups in total. The van der Waals surface area contributed by atoms with Crippen LogP contribution in [0.2, 0.25) is 0 Å². The minimum Gasteiger partial charge on any atom is -0.758 e. The Morgan fingerprint density at radius 1 is 1.50 bits per heavy atom. The number of pyridine rings is 1. The molecule has 0 amide bonds. The van der Waals surface area contributed by atoms with Gasteiger partial charge < -0.3 is 17.6 Å². The Kier molecular flexibility index (Phi) is 4.79. The van der Waals surface area contributed by atoms with Crippen LogP contribution < -0.4 is 4.57 Å². The molecule has 1 aromatic rings. The number of aromatic nitrogens is 1. The largest absolute Gasteiger partial charge is 0.758 e. The number of Topliss-reactive ketones (excluding diaryl/α,β-unsaturated/α-hetero) is 1. The first-order valence-electron chi connectivity index (χ1n) is 4.95. The maximum absolute atomic E-state index is 11.6. The highest BCUT2D eigenvalue weighted by Gasteiger charge is 2.22. The standard InChI is InChI=1S/C12H14N2OS/c1-3-7-13-12(16)11(10(2)15)14-8-5-4-6-9-14/h3-6,8-9,11H,1,7H2,2H3/t11-/m1/s1. The van der Waals surface area contributed by atoms with E-state index in [2.05, 4.69) is 11.6 Å². The molecule has 0 saturated carbocycles. The third kappa shape index (κ3) is 3.24. The van der Waals surface area contributed by atoms with Gasteiger partial charge >= 0.3 is 0 Å². The number of nitrogens with zero attached hydrogens (tertiary/aromatic N) is 2. The molecule has 1 heterocycles. The van der Waals surface area contributed by atoms with Crippen molar-refractivity contribution >= 4 is 23.5 Å². The number of carbonyl (C=O) groups excluding carboxylic acids is 1. The van der Waals surface area contributed by atoms with Gasteiger partial charge in [0.1, 0.15) is 0 Å². The number of ketones is 1. The van der Waals surface area contributed by atoms with Crippen molar-refractivity contribution < 1.29 is 9.36 Å². The van der Waals surface area contributed by atoms with E-state index in [1.807, 2.05) is 30.6 Å². The molecular formula is C12H14N2OS. The van der Waals surface area contributed by atoms with Crippen LogP contribution >= 0.6 is 0 Å². The predicted octanol–water partition coefficient (Wildman–Crippen LogP) is 1.24. The maximum Gasteiger partial charge on any atom is 0.232 e. The van der Waals surface area contributed by atoms with Gasteiger partial charge in [-0.2, -0.15) is 4.57 Å². The first-order valence-corrected chi connectivity index (χ1v) is 5.36. The summed E-state index contributed by atoms with van der Waals surface area (Å²) in [5.74, 6) is -0.0194. The van der Waals surface area contributed by atoms with E-state index >= 15 is 0 Å². The van der Waals surface area contributed by atoms with Gasteiger partial charge in [0.05, 0.1) is 6.54 Å². The SMILES string of the molecule is C=CCN=C([S-])[C@@H](C(C)=O)[n+]1ccccc1. The van der Waals surface area contributed by atoms with Crippen molar-refractivity contribution in [1.29, 1.82) is 0 Å². The Labute approximate surface area is 101 Å². The summed E-state index contributed by atoms with van der Waals surface area (Å²) in [5.41, 5.74) is 0. The second-order valence-electron chi connectivity index (χ2n) is 3.30. The van der Waals surface area contributed by atoms with Crippen LogP contribution in [0.15, 0.2) is 48.2 Å². The second kappa shape index (κ2) is 6.12. The van der Waals surface area contributed by atoms with Gasteiger partial charge in [-0.15, -0.1) is 6.58 Å². The third-order valence-electron chi connectivity index (χ3n) is 2.03. The highest BCUT2D eigenvalue weighted by atomic mass is 32.1. The number of hydrogen-bond acceptors (Lipinski definition) is 3. The van der Waals surface area contributed by atoms with Crippen LogP contribution in [0, 0.1) is 0 Å². The van der Waals surface area contributed by atoms with Crippen LogP contribution in [-0.2, 0) is 17.4 Å². The summed E-state index contributed by atoms with van der Waals surface area (Å²) in [6.45, 7) is 5.52.